The Hall–Kier alpha value is -1.65. The van der Waals surface area contributed by atoms with Crippen LogP contribution >= 0.6 is 0 Å². The number of halogens is 2. The molecule has 0 spiro atoms. The summed E-state index contributed by atoms with van der Waals surface area (Å²) in [5.74, 6) is -2.11. The Kier molecular flexibility index (Phi) is 2.10. The molecule has 15 heavy (non-hydrogen) atoms. The van der Waals surface area contributed by atoms with Crippen LogP contribution in [0.5, 0.6) is 0 Å². The summed E-state index contributed by atoms with van der Waals surface area (Å²) in [6.07, 6.45) is 0. The highest BCUT2D eigenvalue weighted by atomic mass is 19.2. The lowest BCUT2D eigenvalue weighted by Gasteiger charge is -2.11. The normalized spacial score (nSPS) is 13.8. The molecule has 1 N–H and O–H groups in total. The number of amides is 2. The van der Waals surface area contributed by atoms with E-state index in [9.17, 15) is 13.6 Å². The zero-order valence-corrected chi connectivity index (χ0v) is 8.27. The van der Waals surface area contributed by atoms with Crippen LogP contribution < -0.4 is 10.6 Å². The van der Waals surface area contributed by atoms with Crippen molar-refractivity contribution in [3.63, 3.8) is 0 Å². The minimum absolute atomic E-state index is 0.166. The third-order valence-corrected chi connectivity index (χ3v) is 2.27. The minimum atomic E-state index is -0.974. The molecule has 0 atom stereocenters. The number of anilines is 1. The number of rotatable bonds is 1. The first kappa shape index (κ1) is 9.89. The van der Waals surface area contributed by atoms with Crippen molar-refractivity contribution < 1.29 is 13.6 Å². The summed E-state index contributed by atoms with van der Waals surface area (Å²) in [5, 5.41) is 5.94. The lowest BCUT2D eigenvalue weighted by Crippen LogP contribution is -2.09. The van der Waals surface area contributed by atoms with Crippen molar-refractivity contribution in [3.05, 3.63) is 23.3 Å². The van der Waals surface area contributed by atoms with Crippen molar-refractivity contribution in [1.29, 1.82) is 0 Å². The Balaban J connectivity index is 2.67. The summed E-state index contributed by atoms with van der Waals surface area (Å²) in [5.41, 5.74) is 0.621. The highest BCUT2D eigenvalue weighted by Crippen LogP contribution is 2.38. The molecule has 0 unspecified atom stereocenters. The van der Waals surface area contributed by atoms with Crippen LogP contribution in [0.2, 0.25) is 0 Å². The summed E-state index contributed by atoms with van der Waals surface area (Å²) in [4.78, 5) is 11.0. The molecule has 0 fully saturated rings. The average Bonchev–Trinajstić information content (AvgIpc) is 2.46. The van der Waals surface area contributed by atoms with E-state index < -0.39 is 17.7 Å². The highest BCUT2D eigenvalue weighted by molar-refractivity contribution is 6.03. The Bertz CT molecular complexity index is 444. The van der Waals surface area contributed by atoms with Crippen LogP contribution in [-0.2, 0) is 0 Å². The largest absolute Gasteiger partial charge is 0.346 e. The van der Waals surface area contributed by atoms with E-state index in [0.29, 0.717) is 0 Å². The molecule has 2 rings (SSSR count). The molecule has 0 saturated carbocycles. The molecule has 1 aromatic rings. The second kappa shape index (κ2) is 3.18. The van der Waals surface area contributed by atoms with Crippen molar-refractivity contribution in [3.8, 4) is 0 Å². The first-order valence-electron chi connectivity index (χ1n) is 4.55. The first-order chi connectivity index (χ1) is 7.00. The number of nitrogens with zero attached hydrogens (tertiary/aromatic N) is 1. The first-order valence-corrected chi connectivity index (χ1v) is 4.55. The quantitative estimate of drug-likeness (QED) is 0.762. The van der Waals surface area contributed by atoms with Gasteiger partial charge in [-0.25, -0.2) is 13.6 Å². The van der Waals surface area contributed by atoms with Crippen LogP contribution in [0.25, 0.3) is 0 Å². The highest BCUT2D eigenvalue weighted by Gasteiger charge is 2.28. The molecule has 79 valence electrons. The molecular formula is C10H9F2N2O. The lowest BCUT2D eigenvalue weighted by molar-refractivity contribution is 0.256. The van der Waals surface area contributed by atoms with E-state index in [4.69, 9.17) is 0 Å². The molecule has 1 heterocycles. The van der Waals surface area contributed by atoms with Crippen LogP contribution in [0.3, 0.4) is 0 Å². The fourth-order valence-electron chi connectivity index (χ4n) is 1.64. The van der Waals surface area contributed by atoms with E-state index in [1.54, 1.807) is 13.8 Å². The van der Waals surface area contributed by atoms with E-state index in [1.807, 2.05) is 0 Å². The van der Waals surface area contributed by atoms with Gasteiger partial charge in [-0.3, -0.25) is 0 Å². The second-order valence-corrected chi connectivity index (χ2v) is 3.68. The number of fused-ring (bicyclic) bond motifs is 1. The molecule has 0 saturated heterocycles. The fourth-order valence-corrected chi connectivity index (χ4v) is 1.64. The van der Waals surface area contributed by atoms with E-state index in [2.05, 4.69) is 10.6 Å². The van der Waals surface area contributed by atoms with Gasteiger partial charge in [0.1, 0.15) is 0 Å². The number of urea groups is 1. The molecule has 0 aromatic heterocycles. The van der Waals surface area contributed by atoms with Crippen LogP contribution in [0.4, 0.5) is 25.0 Å². The monoisotopic (exact) mass is 211 g/mol. The van der Waals surface area contributed by atoms with Gasteiger partial charge in [-0.1, -0.05) is 13.8 Å². The third kappa shape index (κ3) is 1.44. The zero-order chi connectivity index (χ0) is 11.2. The topological polar surface area (TPSA) is 43.2 Å². The van der Waals surface area contributed by atoms with Gasteiger partial charge in [0.2, 0.25) is 0 Å². The summed E-state index contributed by atoms with van der Waals surface area (Å²) in [6, 6.07) is 0.339. The molecule has 1 aromatic carbocycles. The summed E-state index contributed by atoms with van der Waals surface area (Å²) < 4.78 is 26.6. The average molecular weight is 211 g/mol. The molecule has 5 heteroatoms. The number of carbonyl (C=O) groups excluding carboxylic acids is 1. The molecule has 0 aliphatic carbocycles. The standard InChI is InChI=1S/C10H9F2N2O/c1-4(2)7-8(12)5(11)3-6-9(7)14-10(15)13-6/h3-4H,1-2H3,(H,14,15). The zero-order valence-electron chi connectivity index (χ0n) is 8.27. The molecule has 1 radical (unpaired) electrons. The van der Waals surface area contributed by atoms with Crippen molar-refractivity contribution in [2.24, 2.45) is 0 Å². The SMILES string of the molecule is CC(C)c1c(F)c(F)cc2c1NC(=O)[N]2. The minimum Gasteiger partial charge on any atom is -0.304 e. The Morgan fingerprint density at radius 1 is 1.40 bits per heavy atom. The predicted molar refractivity (Wildman–Crippen MR) is 51.3 cm³/mol. The van der Waals surface area contributed by atoms with Crippen LogP contribution in [-0.4, -0.2) is 6.03 Å². The van der Waals surface area contributed by atoms with Gasteiger partial charge in [0.05, 0.1) is 11.4 Å². The van der Waals surface area contributed by atoms with E-state index >= 15 is 0 Å². The Morgan fingerprint density at radius 3 is 2.67 bits per heavy atom. The Labute approximate surface area is 85.5 Å². The summed E-state index contributed by atoms with van der Waals surface area (Å²) in [6.45, 7) is 3.45. The van der Waals surface area contributed by atoms with Crippen molar-refractivity contribution >= 4 is 17.4 Å². The number of hydrogen-bond donors (Lipinski definition) is 1. The van der Waals surface area contributed by atoms with Gasteiger partial charge in [-0.2, -0.15) is 5.32 Å². The third-order valence-electron chi connectivity index (χ3n) is 2.27. The summed E-state index contributed by atoms with van der Waals surface area (Å²) in [7, 11) is 0. The van der Waals surface area contributed by atoms with Gasteiger partial charge in [0.25, 0.3) is 0 Å². The molecule has 1 aliphatic rings. The lowest BCUT2D eigenvalue weighted by atomic mass is 9.99. The number of nitrogens with one attached hydrogen (secondary N) is 1. The van der Waals surface area contributed by atoms with E-state index in [-0.39, 0.29) is 22.9 Å². The maximum absolute atomic E-state index is 13.5. The van der Waals surface area contributed by atoms with E-state index in [0.717, 1.165) is 6.07 Å². The smallest absolute Gasteiger partial charge is 0.304 e. The number of benzene rings is 1. The maximum Gasteiger partial charge on any atom is 0.346 e. The maximum atomic E-state index is 13.5. The van der Waals surface area contributed by atoms with Crippen molar-refractivity contribution in [2.45, 2.75) is 19.8 Å². The Morgan fingerprint density at radius 2 is 2.07 bits per heavy atom. The number of hydrogen-bond acceptors (Lipinski definition) is 1. The van der Waals surface area contributed by atoms with Crippen LogP contribution in [0, 0.1) is 11.6 Å². The van der Waals surface area contributed by atoms with Gasteiger partial charge in [0, 0.05) is 11.6 Å². The van der Waals surface area contributed by atoms with Gasteiger partial charge in [0.15, 0.2) is 11.6 Å². The van der Waals surface area contributed by atoms with Crippen LogP contribution in [0.1, 0.15) is 25.3 Å². The molecule has 2 amide bonds. The van der Waals surface area contributed by atoms with Crippen molar-refractivity contribution in [2.75, 3.05) is 5.32 Å². The predicted octanol–water partition coefficient (Wildman–Crippen LogP) is 2.87. The molecular weight excluding hydrogens is 202 g/mol. The second-order valence-electron chi connectivity index (χ2n) is 3.68. The molecule has 0 bridgehead atoms. The van der Waals surface area contributed by atoms with Gasteiger partial charge >= 0.3 is 6.03 Å². The molecule has 3 nitrogen and oxygen atoms in total. The van der Waals surface area contributed by atoms with Gasteiger partial charge in [-0.05, 0) is 5.92 Å². The molecule has 1 aliphatic heterocycles. The fraction of sp³-hybridized carbons (Fsp3) is 0.300. The summed E-state index contributed by atoms with van der Waals surface area (Å²) >= 11 is 0. The van der Waals surface area contributed by atoms with E-state index in [1.165, 1.54) is 0 Å². The van der Waals surface area contributed by atoms with Gasteiger partial charge < -0.3 is 5.32 Å². The number of carbonyl (C=O) groups is 1. The van der Waals surface area contributed by atoms with Crippen LogP contribution in [0.15, 0.2) is 6.07 Å². The van der Waals surface area contributed by atoms with Gasteiger partial charge in [-0.15, -0.1) is 0 Å². The van der Waals surface area contributed by atoms with Crippen molar-refractivity contribution in [1.82, 2.24) is 5.32 Å².